The number of hydrogen-bond acceptors (Lipinski definition) is 2. The first-order valence-corrected chi connectivity index (χ1v) is 6.29. The Morgan fingerprint density at radius 2 is 1.72 bits per heavy atom. The molecule has 0 bridgehead atoms. The van der Waals surface area contributed by atoms with Crippen LogP contribution in [0.15, 0.2) is 18.2 Å². The van der Waals surface area contributed by atoms with Crippen molar-refractivity contribution in [3.8, 4) is 0 Å². The maximum Gasteiger partial charge on any atom is 0.165 e. The zero-order valence-electron chi connectivity index (χ0n) is 11.3. The number of rotatable bonds is 2. The Bertz CT molecular complexity index is 589. The molecule has 1 aromatic heterocycles. The Hall–Kier alpha value is -1.64. The van der Waals surface area contributed by atoms with Gasteiger partial charge in [0.25, 0.3) is 0 Å². The summed E-state index contributed by atoms with van der Waals surface area (Å²) in [7, 11) is 0. The third-order valence-corrected chi connectivity index (χ3v) is 3.24. The summed E-state index contributed by atoms with van der Waals surface area (Å²) in [6, 6.07) is 5.64. The third kappa shape index (κ3) is 2.17. The molecule has 2 rings (SSSR count). The van der Waals surface area contributed by atoms with Gasteiger partial charge in [0.15, 0.2) is 11.6 Å². The van der Waals surface area contributed by atoms with E-state index in [0.29, 0.717) is 11.8 Å². The molecule has 0 saturated carbocycles. The summed E-state index contributed by atoms with van der Waals surface area (Å²) in [4.78, 5) is 4.20. The first-order chi connectivity index (χ1) is 8.40. The normalized spacial score (nSPS) is 11.7. The lowest BCUT2D eigenvalue weighted by Crippen LogP contribution is -2.01. The lowest BCUT2D eigenvalue weighted by molar-refractivity contribution is 0.629. The van der Waals surface area contributed by atoms with Gasteiger partial charge in [-0.25, -0.2) is 9.37 Å². The Balaban J connectivity index is 2.81. The maximum atomic E-state index is 13.5. The summed E-state index contributed by atoms with van der Waals surface area (Å²) >= 11 is 0. The Morgan fingerprint density at radius 1 is 1.06 bits per heavy atom. The minimum Gasteiger partial charge on any atom is -0.381 e. The van der Waals surface area contributed by atoms with E-state index in [4.69, 9.17) is 5.73 Å². The lowest BCUT2D eigenvalue weighted by Gasteiger charge is -2.15. The predicted octanol–water partition coefficient (Wildman–Crippen LogP) is 4.20. The third-order valence-electron chi connectivity index (χ3n) is 3.24. The smallest absolute Gasteiger partial charge is 0.165 e. The van der Waals surface area contributed by atoms with Gasteiger partial charge in [0, 0.05) is 5.39 Å². The molecular formula is C15H19FN2. The fourth-order valence-electron chi connectivity index (χ4n) is 2.10. The molecule has 0 aliphatic heterocycles. The highest BCUT2D eigenvalue weighted by Crippen LogP contribution is 2.30. The highest BCUT2D eigenvalue weighted by molar-refractivity contribution is 5.84. The fraction of sp³-hybridized carbons (Fsp3) is 0.400. The molecule has 2 N–H and O–H groups in total. The molecule has 0 saturated heterocycles. The summed E-state index contributed by atoms with van der Waals surface area (Å²) in [5, 5.41) is 0.830. The molecule has 0 aliphatic carbocycles. The number of nitrogens with two attached hydrogens (primary N) is 1. The Kier molecular flexibility index (Phi) is 3.24. The van der Waals surface area contributed by atoms with Crippen molar-refractivity contribution >= 4 is 16.7 Å². The van der Waals surface area contributed by atoms with Gasteiger partial charge in [-0.05, 0) is 35.1 Å². The number of pyridine rings is 1. The van der Waals surface area contributed by atoms with Crippen molar-refractivity contribution in [1.82, 2.24) is 4.98 Å². The molecule has 0 unspecified atom stereocenters. The molecule has 2 nitrogen and oxygen atoms in total. The van der Waals surface area contributed by atoms with E-state index in [-0.39, 0.29) is 5.82 Å². The first kappa shape index (κ1) is 12.8. The van der Waals surface area contributed by atoms with Crippen LogP contribution in [-0.4, -0.2) is 4.98 Å². The van der Waals surface area contributed by atoms with Crippen LogP contribution in [0, 0.1) is 5.82 Å². The van der Waals surface area contributed by atoms with Gasteiger partial charge in [-0.2, -0.15) is 0 Å². The average molecular weight is 246 g/mol. The van der Waals surface area contributed by atoms with Crippen molar-refractivity contribution in [2.24, 2.45) is 0 Å². The van der Waals surface area contributed by atoms with Crippen molar-refractivity contribution in [3.05, 3.63) is 35.1 Å². The molecule has 0 atom stereocenters. The van der Waals surface area contributed by atoms with Crippen LogP contribution < -0.4 is 5.73 Å². The van der Waals surface area contributed by atoms with Crippen molar-refractivity contribution in [2.75, 3.05) is 5.73 Å². The van der Waals surface area contributed by atoms with Crippen molar-refractivity contribution in [3.63, 3.8) is 0 Å². The zero-order chi connectivity index (χ0) is 13.4. The molecule has 1 aromatic carbocycles. The van der Waals surface area contributed by atoms with Gasteiger partial charge in [-0.3, -0.25) is 0 Å². The number of nitrogen functional groups attached to an aromatic ring is 1. The van der Waals surface area contributed by atoms with E-state index in [9.17, 15) is 4.39 Å². The van der Waals surface area contributed by atoms with Gasteiger partial charge in [-0.15, -0.1) is 0 Å². The number of hydrogen-bond donors (Lipinski definition) is 1. The minimum absolute atomic E-state index is 0.0262. The molecule has 96 valence electrons. The first-order valence-electron chi connectivity index (χ1n) is 6.29. The van der Waals surface area contributed by atoms with Crippen molar-refractivity contribution in [1.29, 1.82) is 0 Å². The lowest BCUT2D eigenvalue weighted by atomic mass is 9.92. The van der Waals surface area contributed by atoms with Crippen LogP contribution in [-0.2, 0) is 0 Å². The summed E-state index contributed by atoms with van der Waals surface area (Å²) in [6.45, 7) is 8.49. The number of nitrogens with zero attached hydrogens (tertiary/aromatic N) is 1. The van der Waals surface area contributed by atoms with Gasteiger partial charge in [0.1, 0.15) is 0 Å². The number of fused-ring (bicyclic) bond motifs is 1. The number of halogens is 1. The standard InChI is InChI=1S/C15H19FN2/c1-8(2)10-5-11-7-13(16)15(17)18-14(11)12(6-10)9(3)4/h5-9H,1-4H3,(H2,17,18). The summed E-state index contributed by atoms with van der Waals surface area (Å²) in [6.07, 6.45) is 0. The topological polar surface area (TPSA) is 38.9 Å². The fourth-order valence-corrected chi connectivity index (χ4v) is 2.10. The van der Waals surface area contributed by atoms with Crippen LogP contribution in [0.4, 0.5) is 10.2 Å². The molecule has 2 aromatic rings. The van der Waals surface area contributed by atoms with Gasteiger partial charge in [-0.1, -0.05) is 33.8 Å². The average Bonchev–Trinajstić information content (AvgIpc) is 2.29. The van der Waals surface area contributed by atoms with Crippen molar-refractivity contribution in [2.45, 2.75) is 39.5 Å². The van der Waals surface area contributed by atoms with E-state index in [1.807, 2.05) is 6.07 Å². The second kappa shape index (κ2) is 4.56. The van der Waals surface area contributed by atoms with Crippen LogP contribution in [0.5, 0.6) is 0 Å². The van der Waals surface area contributed by atoms with Gasteiger partial charge >= 0.3 is 0 Å². The Labute approximate surface area is 107 Å². The highest BCUT2D eigenvalue weighted by Gasteiger charge is 2.13. The monoisotopic (exact) mass is 246 g/mol. The van der Waals surface area contributed by atoms with Gasteiger partial charge < -0.3 is 5.73 Å². The van der Waals surface area contributed by atoms with E-state index in [1.54, 1.807) is 0 Å². The second-order valence-electron chi connectivity index (χ2n) is 5.35. The molecule has 0 fully saturated rings. The van der Waals surface area contributed by atoms with Crippen LogP contribution in [0.1, 0.15) is 50.7 Å². The second-order valence-corrected chi connectivity index (χ2v) is 5.35. The van der Waals surface area contributed by atoms with Crippen LogP contribution in [0.25, 0.3) is 10.9 Å². The van der Waals surface area contributed by atoms with Crippen LogP contribution in [0.3, 0.4) is 0 Å². The molecule has 0 amide bonds. The predicted molar refractivity (Wildman–Crippen MR) is 74.3 cm³/mol. The van der Waals surface area contributed by atoms with Crippen molar-refractivity contribution < 1.29 is 4.39 Å². The van der Waals surface area contributed by atoms with Crippen LogP contribution >= 0.6 is 0 Å². The molecule has 3 heteroatoms. The van der Waals surface area contributed by atoms with E-state index in [1.165, 1.54) is 11.6 Å². The molecule has 1 heterocycles. The number of benzene rings is 1. The number of anilines is 1. The molecule has 18 heavy (non-hydrogen) atoms. The molecule has 0 spiro atoms. The van der Waals surface area contributed by atoms with E-state index in [2.05, 4.69) is 38.7 Å². The van der Waals surface area contributed by atoms with E-state index < -0.39 is 5.82 Å². The van der Waals surface area contributed by atoms with Gasteiger partial charge in [0.2, 0.25) is 0 Å². The number of aromatic nitrogens is 1. The SMILES string of the molecule is CC(C)c1cc(C(C)C)c2nc(N)c(F)cc2c1. The highest BCUT2D eigenvalue weighted by atomic mass is 19.1. The van der Waals surface area contributed by atoms with E-state index >= 15 is 0 Å². The summed E-state index contributed by atoms with van der Waals surface area (Å²) < 4.78 is 13.5. The minimum atomic E-state index is -0.446. The Morgan fingerprint density at radius 3 is 2.28 bits per heavy atom. The molecule has 0 aliphatic rings. The summed E-state index contributed by atoms with van der Waals surface area (Å²) in [5.41, 5.74) is 8.71. The quantitative estimate of drug-likeness (QED) is 0.862. The van der Waals surface area contributed by atoms with Crippen LogP contribution in [0.2, 0.25) is 0 Å². The largest absolute Gasteiger partial charge is 0.381 e. The van der Waals surface area contributed by atoms with E-state index in [0.717, 1.165) is 16.5 Å². The molecular weight excluding hydrogens is 227 g/mol. The van der Waals surface area contributed by atoms with Gasteiger partial charge in [0.05, 0.1) is 5.52 Å². The maximum absolute atomic E-state index is 13.5. The molecule has 0 radical (unpaired) electrons. The zero-order valence-corrected chi connectivity index (χ0v) is 11.3. The summed E-state index contributed by atoms with van der Waals surface area (Å²) in [5.74, 6) is 0.274.